The molecule has 0 aliphatic heterocycles. The fourth-order valence-electron chi connectivity index (χ4n) is 1.91. The highest BCUT2D eigenvalue weighted by Crippen LogP contribution is 2.27. The second kappa shape index (κ2) is 4.07. The summed E-state index contributed by atoms with van der Waals surface area (Å²) in [6, 6.07) is 5.61. The SMILES string of the molecule is CC1CC(NS(=O)(=O)c2ccc(O)cc2)C1. The number of nitrogens with one attached hydrogen (secondary N) is 1. The van der Waals surface area contributed by atoms with Gasteiger partial charge in [0, 0.05) is 6.04 Å². The summed E-state index contributed by atoms with van der Waals surface area (Å²) in [7, 11) is -3.42. The first-order valence-electron chi connectivity index (χ1n) is 5.29. The van der Waals surface area contributed by atoms with Crippen molar-refractivity contribution >= 4 is 10.0 Å². The zero-order valence-electron chi connectivity index (χ0n) is 9.05. The van der Waals surface area contributed by atoms with Crippen molar-refractivity contribution in [3.8, 4) is 5.75 Å². The van der Waals surface area contributed by atoms with E-state index in [0.29, 0.717) is 5.92 Å². The minimum absolute atomic E-state index is 0.0637. The Morgan fingerprint density at radius 2 is 1.81 bits per heavy atom. The molecule has 2 N–H and O–H groups in total. The molecule has 4 nitrogen and oxygen atoms in total. The third kappa shape index (κ3) is 2.36. The standard InChI is InChI=1S/C11H15NO3S/c1-8-6-9(7-8)12-16(14,15)11-4-2-10(13)3-5-11/h2-5,8-9,12-13H,6-7H2,1H3. The van der Waals surface area contributed by atoms with Crippen LogP contribution in [-0.2, 0) is 10.0 Å². The topological polar surface area (TPSA) is 66.4 Å². The number of phenols is 1. The van der Waals surface area contributed by atoms with Crippen LogP contribution in [0.15, 0.2) is 29.2 Å². The zero-order valence-corrected chi connectivity index (χ0v) is 9.87. The first kappa shape index (κ1) is 11.4. The summed E-state index contributed by atoms with van der Waals surface area (Å²) in [6.07, 6.45) is 1.80. The largest absolute Gasteiger partial charge is 0.508 e. The molecule has 1 saturated carbocycles. The second-order valence-electron chi connectivity index (χ2n) is 4.39. The van der Waals surface area contributed by atoms with Gasteiger partial charge in [-0.3, -0.25) is 0 Å². The molecule has 1 aromatic carbocycles. The molecule has 0 saturated heterocycles. The minimum Gasteiger partial charge on any atom is -0.508 e. The van der Waals surface area contributed by atoms with Crippen molar-refractivity contribution in [2.45, 2.75) is 30.7 Å². The van der Waals surface area contributed by atoms with E-state index in [0.717, 1.165) is 12.8 Å². The lowest BCUT2D eigenvalue weighted by molar-refractivity contribution is 0.270. The molecule has 5 heteroatoms. The lowest BCUT2D eigenvalue weighted by atomic mass is 9.83. The maximum absolute atomic E-state index is 11.9. The number of aromatic hydroxyl groups is 1. The predicted molar refractivity (Wildman–Crippen MR) is 60.6 cm³/mol. The molecule has 0 heterocycles. The maximum atomic E-state index is 11.9. The Morgan fingerprint density at radius 1 is 1.25 bits per heavy atom. The van der Waals surface area contributed by atoms with E-state index in [2.05, 4.69) is 11.6 Å². The molecule has 1 aliphatic carbocycles. The Morgan fingerprint density at radius 3 is 2.31 bits per heavy atom. The van der Waals surface area contributed by atoms with E-state index in [1.807, 2.05) is 0 Å². The number of hydrogen-bond acceptors (Lipinski definition) is 3. The number of sulfonamides is 1. The third-order valence-electron chi connectivity index (χ3n) is 2.84. The van der Waals surface area contributed by atoms with E-state index in [-0.39, 0.29) is 16.7 Å². The van der Waals surface area contributed by atoms with Gasteiger partial charge in [-0.2, -0.15) is 0 Å². The normalized spacial score (nSPS) is 25.1. The van der Waals surface area contributed by atoms with Crippen LogP contribution in [0.5, 0.6) is 5.75 Å². The number of phenolic OH excluding ortho intramolecular Hbond substituents is 1. The van der Waals surface area contributed by atoms with Crippen LogP contribution in [0.25, 0.3) is 0 Å². The molecule has 16 heavy (non-hydrogen) atoms. The fraction of sp³-hybridized carbons (Fsp3) is 0.455. The Labute approximate surface area is 95.4 Å². The average molecular weight is 241 g/mol. The molecular formula is C11H15NO3S. The third-order valence-corrected chi connectivity index (χ3v) is 4.38. The van der Waals surface area contributed by atoms with Crippen molar-refractivity contribution in [3.05, 3.63) is 24.3 Å². The Hall–Kier alpha value is -1.07. The molecule has 0 bridgehead atoms. The summed E-state index contributed by atoms with van der Waals surface area (Å²) >= 11 is 0. The first-order valence-corrected chi connectivity index (χ1v) is 6.77. The van der Waals surface area contributed by atoms with E-state index in [4.69, 9.17) is 5.11 Å². The van der Waals surface area contributed by atoms with Gasteiger partial charge < -0.3 is 5.11 Å². The lowest BCUT2D eigenvalue weighted by Crippen LogP contribution is -2.43. The monoisotopic (exact) mass is 241 g/mol. The molecule has 1 aliphatic rings. The van der Waals surface area contributed by atoms with Crippen LogP contribution in [0.3, 0.4) is 0 Å². The quantitative estimate of drug-likeness (QED) is 0.842. The van der Waals surface area contributed by atoms with E-state index in [1.54, 1.807) is 0 Å². The molecule has 2 rings (SSSR count). The summed E-state index contributed by atoms with van der Waals surface area (Å²) in [5, 5.41) is 9.08. The Bertz CT molecular complexity index is 461. The van der Waals surface area contributed by atoms with Crippen LogP contribution in [0.1, 0.15) is 19.8 Å². The van der Waals surface area contributed by atoms with Crippen LogP contribution < -0.4 is 4.72 Å². The molecule has 0 spiro atoms. The number of hydrogen-bond donors (Lipinski definition) is 2. The van der Waals surface area contributed by atoms with Crippen LogP contribution in [0, 0.1) is 5.92 Å². The van der Waals surface area contributed by atoms with Crippen molar-refractivity contribution in [1.29, 1.82) is 0 Å². The molecule has 88 valence electrons. The van der Waals surface area contributed by atoms with Gasteiger partial charge in [-0.15, -0.1) is 0 Å². The summed E-state index contributed by atoms with van der Waals surface area (Å²) < 4.78 is 26.4. The van der Waals surface area contributed by atoms with Crippen molar-refractivity contribution in [3.63, 3.8) is 0 Å². The Balaban J connectivity index is 2.10. The fourth-order valence-corrected chi connectivity index (χ4v) is 3.17. The average Bonchev–Trinajstić information content (AvgIpc) is 2.15. The molecule has 0 radical (unpaired) electrons. The van der Waals surface area contributed by atoms with E-state index in [9.17, 15) is 8.42 Å². The number of rotatable bonds is 3. The highest BCUT2D eigenvalue weighted by atomic mass is 32.2. The smallest absolute Gasteiger partial charge is 0.240 e. The van der Waals surface area contributed by atoms with Crippen molar-refractivity contribution in [2.75, 3.05) is 0 Å². The van der Waals surface area contributed by atoms with Gasteiger partial charge >= 0.3 is 0 Å². The second-order valence-corrected chi connectivity index (χ2v) is 6.10. The number of benzene rings is 1. The maximum Gasteiger partial charge on any atom is 0.240 e. The van der Waals surface area contributed by atoms with Crippen LogP contribution in [0.4, 0.5) is 0 Å². The van der Waals surface area contributed by atoms with Crippen molar-refractivity contribution < 1.29 is 13.5 Å². The summed E-state index contributed by atoms with van der Waals surface area (Å²) in [4.78, 5) is 0.199. The predicted octanol–water partition coefficient (Wildman–Crippen LogP) is 1.47. The van der Waals surface area contributed by atoms with E-state index >= 15 is 0 Å². The molecule has 0 amide bonds. The molecule has 0 unspecified atom stereocenters. The highest BCUT2D eigenvalue weighted by molar-refractivity contribution is 7.89. The first-order chi connectivity index (χ1) is 7.47. The van der Waals surface area contributed by atoms with Gasteiger partial charge in [0.05, 0.1) is 4.90 Å². The van der Waals surface area contributed by atoms with Gasteiger partial charge in [-0.25, -0.2) is 13.1 Å². The summed E-state index contributed by atoms with van der Waals surface area (Å²) in [5.74, 6) is 0.670. The van der Waals surface area contributed by atoms with E-state index < -0.39 is 10.0 Å². The highest BCUT2D eigenvalue weighted by Gasteiger charge is 2.29. The van der Waals surface area contributed by atoms with Gasteiger partial charge in [-0.1, -0.05) is 6.92 Å². The Kier molecular flexibility index (Phi) is 2.90. The molecule has 0 atom stereocenters. The van der Waals surface area contributed by atoms with Gasteiger partial charge in [0.25, 0.3) is 0 Å². The van der Waals surface area contributed by atoms with Gasteiger partial charge in [-0.05, 0) is 43.0 Å². The summed E-state index contributed by atoms with van der Waals surface area (Å²) in [6.45, 7) is 2.10. The van der Waals surface area contributed by atoms with Gasteiger partial charge in [0.1, 0.15) is 5.75 Å². The molecule has 1 aromatic rings. The van der Waals surface area contributed by atoms with E-state index in [1.165, 1.54) is 24.3 Å². The lowest BCUT2D eigenvalue weighted by Gasteiger charge is -2.32. The molecule has 1 fully saturated rings. The van der Waals surface area contributed by atoms with Crippen LogP contribution in [-0.4, -0.2) is 19.6 Å². The van der Waals surface area contributed by atoms with Gasteiger partial charge in [0.15, 0.2) is 0 Å². The minimum atomic E-state index is -3.42. The molecular weight excluding hydrogens is 226 g/mol. The van der Waals surface area contributed by atoms with Crippen LogP contribution in [0.2, 0.25) is 0 Å². The summed E-state index contributed by atoms with van der Waals surface area (Å²) in [5.41, 5.74) is 0. The van der Waals surface area contributed by atoms with Crippen LogP contribution >= 0.6 is 0 Å². The zero-order chi connectivity index (χ0) is 11.8. The van der Waals surface area contributed by atoms with Crippen molar-refractivity contribution in [1.82, 2.24) is 4.72 Å². The van der Waals surface area contributed by atoms with Crippen molar-refractivity contribution in [2.24, 2.45) is 5.92 Å². The van der Waals surface area contributed by atoms with Gasteiger partial charge in [0.2, 0.25) is 10.0 Å². The molecule has 0 aromatic heterocycles.